The molecule has 1 N–H and O–H groups in total. The van der Waals surface area contributed by atoms with E-state index in [0.29, 0.717) is 16.5 Å². The van der Waals surface area contributed by atoms with E-state index in [-0.39, 0.29) is 5.91 Å². The largest absolute Gasteiger partial charge is 0.272 e. The minimum atomic E-state index is -0.312. The maximum Gasteiger partial charge on any atom is 0.272 e. The van der Waals surface area contributed by atoms with Crippen LogP contribution in [-0.2, 0) is 0 Å². The monoisotopic (exact) mass is 328 g/mol. The van der Waals surface area contributed by atoms with Crippen molar-refractivity contribution in [1.82, 2.24) is 5.43 Å². The lowest BCUT2D eigenvalue weighted by molar-refractivity contribution is 0.0955. The van der Waals surface area contributed by atoms with E-state index in [1.807, 2.05) is 32.0 Å². The summed E-state index contributed by atoms with van der Waals surface area (Å²) in [6.45, 7) is 8.10. The molecule has 0 bridgehead atoms. The van der Waals surface area contributed by atoms with Crippen molar-refractivity contribution < 1.29 is 4.79 Å². The van der Waals surface area contributed by atoms with Crippen LogP contribution in [-0.4, -0.2) is 11.6 Å². The predicted octanol–water partition coefficient (Wildman–Crippen LogP) is 4.93. The fraction of sp³-hybridized carbons (Fsp3) is 0.263. The molecule has 0 aliphatic heterocycles. The highest BCUT2D eigenvalue weighted by Gasteiger charge is 2.10. The summed E-state index contributed by atoms with van der Waals surface area (Å²) in [6, 6.07) is 13.5. The van der Waals surface area contributed by atoms with Crippen LogP contribution >= 0.6 is 11.6 Å². The topological polar surface area (TPSA) is 41.5 Å². The molecule has 0 fully saturated rings. The van der Waals surface area contributed by atoms with Crippen LogP contribution in [0.3, 0.4) is 0 Å². The zero-order chi connectivity index (χ0) is 17.0. The Morgan fingerprint density at radius 2 is 1.78 bits per heavy atom. The van der Waals surface area contributed by atoms with E-state index >= 15 is 0 Å². The van der Waals surface area contributed by atoms with Gasteiger partial charge in [0.2, 0.25) is 0 Å². The normalized spacial score (nSPS) is 11.7. The van der Waals surface area contributed by atoms with E-state index in [9.17, 15) is 4.79 Å². The van der Waals surface area contributed by atoms with Gasteiger partial charge in [-0.25, -0.2) is 5.43 Å². The quantitative estimate of drug-likeness (QED) is 0.627. The highest BCUT2D eigenvalue weighted by atomic mass is 35.5. The Hall–Kier alpha value is -2.13. The Kier molecular flexibility index (Phi) is 5.56. The molecule has 0 atom stereocenters. The van der Waals surface area contributed by atoms with Gasteiger partial charge >= 0.3 is 0 Å². The van der Waals surface area contributed by atoms with Crippen molar-refractivity contribution in [2.75, 3.05) is 0 Å². The molecule has 2 rings (SSSR count). The third kappa shape index (κ3) is 4.42. The number of rotatable bonds is 4. The molecule has 0 spiro atoms. The standard InChI is InChI=1S/C19H21ClN2O/c1-12(2)15-6-8-16(9-7-15)14(4)21-22-19(23)17-10-5-13(3)11-18(17)20/h5-12H,1-4H3,(H,22,23)/b21-14+. The molecule has 0 aliphatic carbocycles. The third-order valence-corrected chi connectivity index (χ3v) is 4.00. The van der Waals surface area contributed by atoms with E-state index in [0.717, 1.165) is 16.8 Å². The van der Waals surface area contributed by atoms with Gasteiger partial charge in [0.05, 0.1) is 16.3 Å². The van der Waals surface area contributed by atoms with Crippen molar-refractivity contribution >= 4 is 23.2 Å². The van der Waals surface area contributed by atoms with Crippen LogP contribution in [0.2, 0.25) is 5.02 Å². The molecular formula is C19H21ClN2O. The van der Waals surface area contributed by atoms with Gasteiger partial charge in [-0.1, -0.05) is 55.8 Å². The highest BCUT2D eigenvalue weighted by molar-refractivity contribution is 6.33. The second-order valence-corrected chi connectivity index (χ2v) is 6.31. The van der Waals surface area contributed by atoms with Crippen LogP contribution in [0.4, 0.5) is 0 Å². The summed E-state index contributed by atoms with van der Waals surface area (Å²) in [4.78, 5) is 12.2. The van der Waals surface area contributed by atoms with Gasteiger partial charge in [-0.2, -0.15) is 5.10 Å². The third-order valence-electron chi connectivity index (χ3n) is 3.69. The second kappa shape index (κ2) is 7.42. The molecule has 0 aliphatic rings. The summed E-state index contributed by atoms with van der Waals surface area (Å²) in [5.74, 6) is 0.179. The lowest BCUT2D eigenvalue weighted by atomic mass is 10.0. The molecule has 2 aromatic carbocycles. The van der Waals surface area contributed by atoms with Crippen LogP contribution < -0.4 is 5.43 Å². The summed E-state index contributed by atoms with van der Waals surface area (Å²) in [5.41, 5.74) is 6.99. The van der Waals surface area contributed by atoms with Gasteiger partial charge in [0.15, 0.2) is 0 Å². The maximum absolute atomic E-state index is 12.2. The molecule has 4 heteroatoms. The van der Waals surface area contributed by atoms with Crippen LogP contribution in [0, 0.1) is 6.92 Å². The lowest BCUT2D eigenvalue weighted by Crippen LogP contribution is -2.19. The second-order valence-electron chi connectivity index (χ2n) is 5.90. The number of hydrogen-bond donors (Lipinski definition) is 1. The Morgan fingerprint density at radius 1 is 1.13 bits per heavy atom. The van der Waals surface area contributed by atoms with Gasteiger partial charge in [0.1, 0.15) is 0 Å². The fourth-order valence-electron chi connectivity index (χ4n) is 2.17. The Balaban J connectivity index is 2.10. The summed E-state index contributed by atoms with van der Waals surface area (Å²) in [5, 5.41) is 4.59. The van der Waals surface area contributed by atoms with Crippen molar-refractivity contribution in [3.8, 4) is 0 Å². The molecule has 1 amide bonds. The molecule has 0 heterocycles. The molecule has 0 radical (unpaired) electrons. The zero-order valence-corrected chi connectivity index (χ0v) is 14.6. The maximum atomic E-state index is 12.2. The average Bonchev–Trinajstić information content (AvgIpc) is 2.52. The zero-order valence-electron chi connectivity index (χ0n) is 13.9. The van der Waals surface area contributed by atoms with E-state index in [4.69, 9.17) is 11.6 Å². The van der Waals surface area contributed by atoms with Gasteiger partial charge in [-0.3, -0.25) is 4.79 Å². The van der Waals surface area contributed by atoms with Crippen LogP contribution in [0.15, 0.2) is 47.6 Å². The first-order valence-electron chi connectivity index (χ1n) is 7.59. The van der Waals surface area contributed by atoms with E-state index in [2.05, 4.69) is 36.5 Å². The first kappa shape index (κ1) is 17.2. The van der Waals surface area contributed by atoms with Crippen LogP contribution in [0.5, 0.6) is 0 Å². The minimum absolute atomic E-state index is 0.312. The summed E-state index contributed by atoms with van der Waals surface area (Å²) in [6.07, 6.45) is 0. The number of nitrogens with one attached hydrogen (secondary N) is 1. The Labute approximate surface area is 142 Å². The number of benzene rings is 2. The number of amides is 1. The summed E-state index contributed by atoms with van der Waals surface area (Å²) >= 11 is 6.09. The van der Waals surface area contributed by atoms with Gasteiger partial charge in [0, 0.05) is 0 Å². The van der Waals surface area contributed by atoms with Crippen molar-refractivity contribution in [2.24, 2.45) is 5.10 Å². The van der Waals surface area contributed by atoms with Crippen molar-refractivity contribution in [2.45, 2.75) is 33.6 Å². The molecule has 0 saturated carbocycles. The lowest BCUT2D eigenvalue weighted by Gasteiger charge is -2.07. The number of carbonyl (C=O) groups excluding carboxylic acids is 1. The van der Waals surface area contributed by atoms with Gasteiger partial charge in [0.25, 0.3) is 5.91 Å². The fourth-order valence-corrected chi connectivity index (χ4v) is 2.49. The van der Waals surface area contributed by atoms with E-state index in [1.54, 1.807) is 12.1 Å². The minimum Gasteiger partial charge on any atom is -0.267 e. The van der Waals surface area contributed by atoms with E-state index < -0.39 is 0 Å². The first-order chi connectivity index (χ1) is 10.9. The summed E-state index contributed by atoms with van der Waals surface area (Å²) in [7, 11) is 0. The Morgan fingerprint density at radius 3 is 2.35 bits per heavy atom. The molecule has 120 valence electrons. The number of carbonyl (C=O) groups is 1. The Bertz CT molecular complexity index is 734. The van der Waals surface area contributed by atoms with Crippen LogP contribution in [0.25, 0.3) is 0 Å². The van der Waals surface area contributed by atoms with E-state index in [1.165, 1.54) is 5.56 Å². The molecule has 3 nitrogen and oxygen atoms in total. The number of nitrogens with zero attached hydrogens (tertiary/aromatic N) is 1. The van der Waals surface area contributed by atoms with Gasteiger partial charge in [-0.05, 0) is 48.6 Å². The smallest absolute Gasteiger partial charge is 0.267 e. The molecular weight excluding hydrogens is 308 g/mol. The molecule has 23 heavy (non-hydrogen) atoms. The summed E-state index contributed by atoms with van der Waals surface area (Å²) < 4.78 is 0. The molecule has 0 unspecified atom stereocenters. The molecule has 0 aromatic heterocycles. The molecule has 0 saturated heterocycles. The number of aryl methyl sites for hydroxylation is 1. The van der Waals surface area contributed by atoms with Gasteiger partial charge < -0.3 is 0 Å². The molecule has 2 aromatic rings. The average molecular weight is 329 g/mol. The van der Waals surface area contributed by atoms with Crippen molar-refractivity contribution in [1.29, 1.82) is 0 Å². The first-order valence-corrected chi connectivity index (χ1v) is 7.97. The number of halogens is 1. The highest BCUT2D eigenvalue weighted by Crippen LogP contribution is 2.18. The van der Waals surface area contributed by atoms with Crippen molar-refractivity contribution in [3.05, 3.63) is 69.7 Å². The SMILES string of the molecule is C/C(=N\NC(=O)c1ccc(C)cc1Cl)c1ccc(C(C)C)cc1. The van der Waals surface area contributed by atoms with Crippen molar-refractivity contribution in [3.63, 3.8) is 0 Å². The number of hydrogen-bond acceptors (Lipinski definition) is 2. The predicted molar refractivity (Wildman–Crippen MR) is 96.4 cm³/mol. The van der Waals surface area contributed by atoms with Crippen LogP contribution in [0.1, 0.15) is 53.7 Å². The number of hydrazone groups is 1. The van der Waals surface area contributed by atoms with Gasteiger partial charge in [-0.15, -0.1) is 0 Å².